The average Bonchev–Trinajstić information content (AvgIpc) is 3.13. The summed E-state index contributed by atoms with van der Waals surface area (Å²) in [7, 11) is -3.73. The van der Waals surface area contributed by atoms with Crippen molar-refractivity contribution < 1.29 is 17.6 Å². The summed E-state index contributed by atoms with van der Waals surface area (Å²) >= 11 is 0. The minimum Gasteiger partial charge on any atom is -0.338 e. The van der Waals surface area contributed by atoms with Crippen LogP contribution in [-0.4, -0.2) is 73.4 Å². The van der Waals surface area contributed by atoms with E-state index < -0.39 is 15.8 Å². The molecule has 2 heterocycles. The van der Waals surface area contributed by atoms with Crippen LogP contribution < -0.4 is 9.21 Å². The van der Waals surface area contributed by atoms with Crippen molar-refractivity contribution >= 4 is 27.6 Å². The van der Waals surface area contributed by atoms with Gasteiger partial charge in [0.1, 0.15) is 18.7 Å². The highest BCUT2D eigenvalue weighted by atomic mass is 32.2. The van der Waals surface area contributed by atoms with Crippen molar-refractivity contribution in [1.29, 1.82) is 0 Å². The van der Waals surface area contributed by atoms with Crippen LogP contribution in [-0.2, 0) is 14.8 Å². The molecular weight excluding hydrogens is 363 g/mol. The number of piperazine rings is 1. The summed E-state index contributed by atoms with van der Waals surface area (Å²) in [5, 5.41) is 6.56. The van der Waals surface area contributed by atoms with Crippen molar-refractivity contribution in [3.63, 3.8) is 0 Å². The van der Waals surface area contributed by atoms with Gasteiger partial charge in [0.15, 0.2) is 0 Å². The van der Waals surface area contributed by atoms with Crippen LogP contribution in [0.4, 0.5) is 16.0 Å². The van der Waals surface area contributed by atoms with E-state index in [-0.39, 0.29) is 18.1 Å². The molecule has 0 radical (unpaired) electrons. The highest BCUT2D eigenvalue weighted by molar-refractivity contribution is 7.92. The van der Waals surface area contributed by atoms with E-state index in [0.717, 1.165) is 16.6 Å². The van der Waals surface area contributed by atoms with Crippen LogP contribution in [0.25, 0.3) is 0 Å². The highest BCUT2D eigenvalue weighted by Crippen LogP contribution is 2.19. The van der Waals surface area contributed by atoms with Gasteiger partial charge in [0, 0.05) is 26.2 Å². The fraction of sp³-hybridized carbons (Fsp3) is 0.400. The van der Waals surface area contributed by atoms with Gasteiger partial charge in [-0.25, -0.2) is 17.9 Å². The number of hydrogen-bond acceptors (Lipinski definition) is 6. The minimum atomic E-state index is -3.73. The molecule has 0 atom stereocenters. The van der Waals surface area contributed by atoms with Crippen molar-refractivity contribution in [2.75, 3.05) is 48.2 Å². The van der Waals surface area contributed by atoms with E-state index in [4.69, 9.17) is 0 Å². The summed E-state index contributed by atoms with van der Waals surface area (Å²) in [5.74, 6) is -0.268. The second-order valence-electron chi connectivity index (χ2n) is 5.93. The summed E-state index contributed by atoms with van der Waals surface area (Å²) in [6.07, 6.45) is 2.41. The molecule has 0 aliphatic carbocycles. The Hall–Kier alpha value is -2.69. The van der Waals surface area contributed by atoms with E-state index in [2.05, 4.69) is 15.2 Å². The molecule has 0 spiro atoms. The Bertz CT molecular complexity index is 865. The fourth-order valence-electron chi connectivity index (χ4n) is 2.77. The standard InChI is InChI=1S/C15H19FN6O3S/c1-26(24,25)22(13-4-2-3-12(16)9-13)10-14(23)20-5-7-21(8-6-20)15-17-11-18-19-15/h2-4,9,11H,5-8,10H2,1H3,(H,17,18,19). The van der Waals surface area contributed by atoms with Gasteiger partial charge in [0.25, 0.3) is 0 Å². The molecule has 26 heavy (non-hydrogen) atoms. The number of rotatable bonds is 5. The van der Waals surface area contributed by atoms with E-state index in [0.29, 0.717) is 32.1 Å². The van der Waals surface area contributed by atoms with Crippen LogP contribution in [0.2, 0.25) is 0 Å². The molecule has 3 rings (SSSR count). The molecule has 2 aromatic rings. The monoisotopic (exact) mass is 382 g/mol. The zero-order valence-corrected chi connectivity index (χ0v) is 15.0. The lowest BCUT2D eigenvalue weighted by atomic mass is 10.3. The quantitative estimate of drug-likeness (QED) is 0.784. The van der Waals surface area contributed by atoms with Crippen molar-refractivity contribution in [2.24, 2.45) is 0 Å². The van der Waals surface area contributed by atoms with Gasteiger partial charge in [-0.2, -0.15) is 10.1 Å². The van der Waals surface area contributed by atoms with Gasteiger partial charge in [-0.05, 0) is 18.2 Å². The van der Waals surface area contributed by atoms with Gasteiger partial charge in [-0.1, -0.05) is 6.07 Å². The normalized spacial score (nSPS) is 15.2. The smallest absolute Gasteiger partial charge is 0.243 e. The van der Waals surface area contributed by atoms with Crippen molar-refractivity contribution in [3.05, 3.63) is 36.4 Å². The van der Waals surface area contributed by atoms with Crippen molar-refractivity contribution in [3.8, 4) is 0 Å². The molecule has 1 aromatic carbocycles. The molecule has 1 aliphatic heterocycles. The van der Waals surface area contributed by atoms with E-state index in [1.807, 2.05) is 4.90 Å². The molecule has 0 saturated carbocycles. The van der Waals surface area contributed by atoms with E-state index in [9.17, 15) is 17.6 Å². The number of sulfonamides is 1. The maximum absolute atomic E-state index is 13.4. The maximum atomic E-state index is 13.4. The van der Waals surface area contributed by atoms with Crippen LogP contribution in [0.3, 0.4) is 0 Å². The summed E-state index contributed by atoms with van der Waals surface area (Å²) in [6, 6.07) is 5.17. The Balaban J connectivity index is 1.67. The molecule has 0 unspecified atom stereocenters. The second-order valence-corrected chi connectivity index (χ2v) is 7.83. The van der Waals surface area contributed by atoms with Crippen LogP contribution in [0.5, 0.6) is 0 Å². The lowest BCUT2D eigenvalue weighted by Gasteiger charge is -2.35. The number of carbonyl (C=O) groups is 1. The number of halogens is 1. The van der Waals surface area contributed by atoms with E-state index >= 15 is 0 Å². The molecule has 11 heteroatoms. The third-order valence-corrected chi connectivity index (χ3v) is 5.25. The number of hydrogen-bond donors (Lipinski definition) is 1. The Kier molecular flexibility index (Phi) is 5.07. The number of H-pyrrole nitrogens is 1. The first-order valence-corrected chi connectivity index (χ1v) is 9.81. The minimum absolute atomic E-state index is 0.126. The van der Waals surface area contributed by atoms with Gasteiger partial charge in [0.2, 0.25) is 21.9 Å². The number of benzene rings is 1. The third kappa shape index (κ3) is 4.10. The second kappa shape index (κ2) is 7.28. The van der Waals surface area contributed by atoms with Gasteiger partial charge >= 0.3 is 0 Å². The summed E-state index contributed by atoms with van der Waals surface area (Å²) in [5.41, 5.74) is 0.126. The number of nitrogens with zero attached hydrogens (tertiary/aromatic N) is 5. The molecule has 1 fully saturated rings. The van der Waals surface area contributed by atoms with Crippen molar-refractivity contribution in [2.45, 2.75) is 0 Å². The fourth-order valence-corrected chi connectivity index (χ4v) is 3.61. The van der Waals surface area contributed by atoms with Crippen molar-refractivity contribution in [1.82, 2.24) is 20.1 Å². The number of anilines is 2. The average molecular weight is 382 g/mol. The predicted octanol–water partition coefficient (Wildman–Crippen LogP) is 0.0586. The lowest BCUT2D eigenvalue weighted by Crippen LogP contribution is -2.52. The molecule has 0 bridgehead atoms. The number of nitrogens with one attached hydrogen (secondary N) is 1. The maximum Gasteiger partial charge on any atom is 0.243 e. The first-order chi connectivity index (χ1) is 12.3. The van der Waals surface area contributed by atoms with Gasteiger partial charge in [0.05, 0.1) is 11.9 Å². The number of aromatic nitrogens is 3. The molecule has 1 aliphatic rings. The molecule has 9 nitrogen and oxygen atoms in total. The van der Waals surface area contributed by atoms with Gasteiger partial charge in [-0.15, -0.1) is 0 Å². The topological polar surface area (TPSA) is 102 Å². The van der Waals surface area contributed by atoms with E-state index in [1.54, 1.807) is 4.90 Å². The predicted molar refractivity (Wildman–Crippen MR) is 93.8 cm³/mol. The van der Waals surface area contributed by atoms with Crippen LogP contribution in [0, 0.1) is 5.82 Å². The zero-order chi connectivity index (χ0) is 18.7. The number of aromatic amines is 1. The highest BCUT2D eigenvalue weighted by Gasteiger charge is 2.27. The summed E-state index contributed by atoms with van der Waals surface area (Å²) < 4.78 is 38.5. The SMILES string of the molecule is CS(=O)(=O)N(CC(=O)N1CCN(c2ncn[nH]2)CC1)c1cccc(F)c1. The molecule has 1 N–H and O–H groups in total. The third-order valence-electron chi connectivity index (χ3n) is 4.11. The first-order valence-electron chi connectivity index (χ1n) is 7.96. The first kappa shape index (κ1) is 18.1. The van der Waals surface area contributed by atoms with Crippen LogP contribution in [0.15, 0.2) is 30.6 Å². The largest absolute Gasteiger partial charge is 0.338 e. The summed E-state index contributed by atoms with van der Waals surface area (Å²) in [4.78, 5) is 20.2. The Labute approximate surface area is 150 Å². The van der Waals surface area contributed by atoms with Crippen LogP contribution >= 0.6 is 0 Å². The lowest BCUT2D eigenvalue weighted by molar-refractivity contribution is -0.129. The number of carbonyl (C=O) groups excluding carboxylic acids is 1. The van der Waals surface area contributed by atoms with Gasteiger partial charge < -0.3 is 9.80 Å². The summed E-state index contributed by atoms with van der Waals surface area (Å²) in [6.45, 7) is 1.60. The number of amides is 1. The Morgan fingerprint density at radius 3 is 2.62 bits per heavy atom. The van der Waals surface area contributed by atoms with Crippen LogP contribution in [0.1, 0.15) is 0 Å². The molecular formula is C15H19FN6O3S. The molecule has 1 aromatic heterocycles. The molecule has 140 valence electrons. The zero-order valence-electron chi connectivity index (χ0n) is 14.2. The molecule has 1 saturated heterocycles. The molecule has 1 amide bonds. The Morgan fingerprint density at radius 2 is 2.04 bits per heavy atom. The van der Waals surface area contributed by atoms with Gasteiger partial charge in [-0.3, -0.25) is 9.10 Å². The Morgan fingerprint density at radius 1 is 1.31 bits per heavy atom. The van der Waals surface area contributed by atoms with E-state index in [1.165, 1.54) is 24.5 Å².